The number of ether oxygens (including phenoxy) is 1. The summed E-state index contributed by atoms with van der Waals surface area (Å²) >= 11 is 6.04. The number of amides is 1. The average molecular weight is 477 g/mol. The van der Waals surface area contributed by atoms with E-state index < -0.39 is 28.3 Å². The summed E-state index contributed by atoms with van der Waals surface area (Å²) in [6.45, 7) is 1.15. The van der Waals surface area contributed by atoms with Gasteiger partial charge >= 0.3 is 0 Å². The Bertz CT molecular complexity index is 1220. The highest BCUT2D eigenvalue weighted by atomic mass is 35.5. The van der Waals surface area contributed by atoms with Crippen molar-refractivity contribution in [3.8, 4) is 5.75 Å². The van der Waals surface area contributed by atoms with Crippen molar-refractivity contribution in [3.63, 3.8) is 0 Å². The lowest BCUT2D eigenvalue weighted by atomic mass is 10.2. The Labute approximate surface area is 191 Å². The van der Waals surface area contributed by atoms with Crippen molar-refractivity contribution in [2.45, 2.75) is 18.4 Å². The van der Waals surface area contributed by atoms with Crippen LogP contribution in [0.25, 0.3) is 0 Å². The molecule has 0 spiro atoms. The summed E-state index contributed by atoms with van der Waals surface area (Å²) in [6, 6.07) is 17.1. The lowest BCUT2D eigenvalue weighted by molar-refractivity contribution is -0.116. The van der Waals surface area contributed by atoms with Crippen LogP contribution in [0.3, 0.4) is 0 Å². The van der Waals surface area contributed by atoms with Crippen molar-refractivity contribution in [1.82, 2.24) is 4.31 Å². The van der Waals surface area contributed by atoms with E-state index in [2.05, 4.69) is 5.32 Å². The molecule has 0 aliphatic carbocycles. The molecule has 0 fully saturated rings. The topological polar surface area (TPSA) is 75.7 Å². The van der Waals surface area contributed by atoms with Crippen LogP contribution in [0.2, 0.25) is 5.02 Å². The Morgan fingerprint density at radius 1 is 1.09 bits per heavy atom. The smallest absolute Gasteiger partial charge is 0.247 e. The third-order valence-corrected chi connectivity index (χ3v) is 6.79. The Morgan fingerprint density at radius 3 is 2.50 bits per heavy atom. The van der Waals surface area contributed by atoms with Crippen LogP contribution in [0.5, 0.6) is 5.75 Å². The lowest BCUT2D eigenvalue weighted by Gasteiger charge is -2.23. The standard InChI is InChI=1S/C23H22ClFN2O4S/c1-16-8-10-19(25)13-20(16)26-23(28)15-27(14-17-6-4-3-5-7-17)32(29,30)22-12-18(24)9-11-21(22)31-2/h3-13H,14-15H2,1-2H3,(H,26,28). The van der Waals surface area contributed by atoms with Crippen molar-refractivity contribution < 1.29 is 22.3 Å². The van der Waals surface area contributed by atoms with E-state index in [0.717, 1.165) is 4.31 Å². The Kier molecular flexibility index (Phi) is 7.50. The van der Waals surface area contributed by atoms with E-state index in [0.29, 0.717) is 11.1 Å². The van der Waals surface area contributed by atoms with Crippen molar-refractivity contribution >= 4 is 33.2 Å². The Morgan fingerprint density at radius 2 is 1.81 bits per heavy atom. The van der Waals surface area contributed by atoms with Gasteiger partial charge < -0.3 is 10.1 Å². The third-order valence-electron chi connectivity index (χ3n) is 4.74. The number of methoxy groups -OCH3 is 1. The summed E-state index contributed by atoms with van der Waals surface area (Å²) in [5.74, 6) is -1.02. The van der Waals surface area contributed by atoms with Crippen molar-refractivity contribution in [3.05, 3.63) is 88.7 Å². The van der Waals surface area contributed by atoms with Gasteiger partial charge in [-0.05, 0) is 48.4 Å². The van der Waals surface area contributed by atoms with E-state index in [4.69, 9.17) is 16.3 Å². The Balaban J connectivity index is 1.96. The summed E-state index contributed by atoms with van der Waals surface area (Å²) in [4.78, 5) is 12.6. The van der Waals surface area contributed by atoms with Gasteiger partial charge in [-0.15, -0.1) is 0 Å². The van der Waals surface area contributed by atoms with Crippen LogP contribution >= 0.6 is 11.6 Å². The van der Waals surface area contributed by atoms with Gasteiger partial charge in [-0.3, -0.25) is 4.79 Å². The second kappa shape index (κ2) is 10.1. The quantitative estimate of drug-likeness (QED) is 0.514. The van der Waals surface area contributed by atoms with Crippen LogP contribution in [0.15, 0.2) is 71.6 Å². The van der Waals surface area contributed by atoms with Gasteiger partial charge in [0.2, 0.25) is 15.9 Å². The molecule has 9 heteroatoms. The van der Waals surface area contributed by atoms with E-state index in [1.807, 2.05) is 6.07 Å². The maximum Gasteiger partial charge on any atom is 0.247 e. The molecule has 168 valence electrons. The highest BCUT2D eigenvalue weighted by Crippen LogP contribution is 2.30. The second-order valence-electron chi connectivity index (χ2n) is 7.06. The molecule has 3 rings (SSSR count). The van der Waals surface area contributed by atoms with Gasteiger partial charge in [0, 0.05) is 17.3 Å². The molecule has 32 heavy (non-hydrogen) atoms. The number of nitrogens with one attached hydrogen (secondary N) is 1. The maximum atomic E-state index is 13.6. The molecule has 3 aromatic carbocycles. The maximum absolute atomic E-state index is 13.6. The molecule has 0 unspecified atom stereocenters. The Hall–Kier alpha value is -2.94. The van der Waals surface area contributed by atoms with Crippen molar-refractivity contribution in [1.29, 1.82) is 0 Å². The van der Waals surface area contributed by atoms with Crippen LogP contribution < -0.4 is 10.1 Å². The summed E-state index contributed by atoms with van der Waals surface area (Å²) in [5, 5.41) is 2.80. The first-order valence-corrected chi connectivity index (χ1v) is 11.5. The number of benzene rings is 3. The van der Waals surface area contributed by atoms with Crippen LogP contribution in [0.4, 0.5) is 10.1 Å². The monoisotopic (exact) mass is 476 g/mol. The number of halogens is 2. The number of hydrogen-bond acceptors (Lipinski definition) is 4. The second-order valence-corrected chi connectivity index (χ2v) is 9.40. The molecule has 0 saturated carbocycles. The highest BCUT2D eigenvalue weighted by Gasteiger charge is 2.30. The number of anilines is 1. The summed E-state index contributed by atoms with van der Waals surface area (Å²) in [7, 11) is -2.83. The molecular formula is C23H22ClFN2O4S. The number of rotatable bonds is 8. The van der Waals surface area contributed by atoms with Gasteiger partial charge in [-0.1, -0.05) is 48.0 Å². The molecule has 0 aromatic heterocycles. The summed E-state index contributed by atoms with van der Waals surface area (Å²) in [6.07, 6.45) is 0. The first-order valence-electron chi connectivity index (χ1n) is 9.64. The number of carbonyl (C=O) groups is 1. The summed E-state index contributed by atoms with van der Waals surface area (Å²) in [5.41, 5.74) is 1.60. The van der Waals surface area contributed by atoms with Gasteiger partial charge in [-0.2, -0.15) is 4.31 Å². The molecule has 0 bridgehead atoms. The predicted octanol–water partition coefficient (Wildman–Crippen LogP) is 4.63. The zero-order valence-corrected chi connectivity index (χ0v) is 19.1. The van der Waals surface area contributed by atoms with Gasteiger partial charge in [0.05, 0.1) is 13.7 Å². The van der Waals surface area contributed by atoms with Gasteiger partial charge in [0.1, 0.15) is 16.5 Å². The lowest BCUT2D eigenvalue weighted by Crippen LogP contribution is -2.37. The normalized spacial score (nSPS) is 11.4. The van der Waals surface area contributed by atoms with Crippen LogP contribution in [-0.2, 0) is 21.4 Å². The molecule has 0 aliphatic rings. The fourth-order valence-corrected chi connectivity index (χ4v) is 4.89. The van der Waals surface area contributed by atoms with Crippen LogP contribution in [0, 0.1) is 12.7 Å². The molecule has 6 nitrogen and oxygen atoms in total. The average Bonchev–Trinajstić information content (AvgIpc) is 2.76. The van der Waals surface area contributed by atoms with Crippen molar-refractivity contribution in [2.75, 3.05) is 19.0 Å². The molecule has 0 atom stereocenters. The van der Waals surface area contributed by atoms with Crippen molar-refractivity contribution in [2.24, 2.45) is 0 Å². The van der Waals surface area contributed by atoms with Gasteiger partial charge in [0.15, 0.2) is 0 Å². The molecule has 1 amide bonds. The SMILES string of the molecule is COc1ccc(Cl)cc1S(=O)(=O)N(CC(=O)Nc1cc(F)ccc1C)Cc1ccccc1. The molecular weight excluding hydrogens is 455 g/mol. The largest absolute Gasteiger partial charge is 0.495 e. The van der Waals surface area contributed by atoms with Crippen LogP contribution in [0.1, 0.15) is 11.1 Å². The predicted molar refractivity (Wildman–Crippen MR) is 122 cm³/mol. The molecule has 0 aliphatic heterocycles. The van der Waals surface area contributed by atoms with E-state index in [1.54, 1.807) is 31.2 Å². The van der Waals surface area contributed by atoms with E-state index >= 15 is 0 Å². The number of aryl methyl sites for hydroxylation is 1. The van der Waals surface area contributed by atoms with E-state index in [9.17, 15) is 17.6 Å². The first-order chi connectivity index (χ1) is 15.2. The number of nitrogens with zero attached hydrogens (tertiary/aromatic N) is 1. The van der Waals surface area contributed by atoms with E-state index in [-0.39, 0.29) is 27.9 Å². The zero-order chi connectivity index (χ0) is 23.3. The fraction of sp³-hybridized carbons (Fsp3) is 0.174. The number of carbonyl (C=O) groups excluding carboxylic acids is 1. The highest BCUT2D eigenvalue weighted by molar-refractivity contribution is 7.89. The van der Waals surface area contributed by atoms with Gasteiger partial charge in [0.25, 0.3) is 0 Å². The number of sulfonamides is 1. The molecule has 3 aromatic rings. The molecule has 0 heterocycles. The first kappa shape index (κ1) is 23.7. The zero-order valence-electron chi connectivity index (χ0n) is 17.5. The fourth-order valence-electron chi connectivity index (χ4n) is 3.08. The molecule has 0 radical (unpaired) electrons. The third kappa shape index (κ3) is 5.64. The molecule has 0 saturated heterocycles. The minimum atomic E-state index is -4.18. The minimum absolute atomic E-state index is 0.0611. The number of hydrogen-bond donors (Lipinski definition) is 1. The molecule has 1 N–H and O–H groups in total. The minimum Gasteiger partial charge on any atom is -0.495 e. The van der Waals surface area contributed by atoms with Crippen LogP contribution in [-0.4, -0.2) is 32.3 Å². The summed E-state index contributed by atoms with van der Waals surface area (Å²) < 4.78 is 46.9. The van der Waals surface area contributed by atoms with E-state index in [1.165, 1.54) is 43.5 Å². The van der Waals surface area contributed by atoms with Gasteiger partial charge in [-0.25, -0.2) is 12.8 Å².